The van der Waals surface area contributed by atoms with Crippen molar-refractivity contribution in [2.45, 2.75) is 60.8 Å². The van der Waals surface area contributed by atoms with Crippen molar-refractivity contribution in [2.24, 2.45) is 5.73 Å². The summed E-state index contributed by atoms with van der Waals surface area (Å²) in [6.07, 6.45) is 2.21. The van der Waals surface area contributed by atoms with Crippen LogP contribution in [0.25, 0.3) is 0 Å². The van der Waals surface area contributed by atoms with E-state index in [2.05, 4.69) is 20.6 Å². The molecule has 3 N–H and O–H groups in total. The Balaban J connectivity index is -0.000000180. The number of aryl methyl sites for hydroxylation is 1. The molecule has 17 heavy (non-hydrogen) atoms. The number of H-pyrrole nitrogens is 1. The van der Waals surface area contributed by atoms with E-state index in [0.29, 0.717) is 6.42 Å². The van der Waals surface area contributed by atoms with Crippen LogP contribution in [0.15, 0.2) is 0 Å². The van der Waals surface area contributed by atoms with Crippen LogP contribution in [0.3, 0.4) is 0 Å². The van der Waals surface area contributed by atoms with Gasteiger partial charge in [0.05, 0.1) is 0 Å². The summed E-state index contributed by atoms with van der Waals surface area (Å²) in [6, 6.07) is 0. The maximum absolute atomic E-state index is 9.82. The van der Waals surface area contributed by atoms with Gasteiger partial charge in [-0.2, -0.15) is 5.21 Å². The number of carbonyl (C=O) groups excluding carboxylic acids is 1. The van der Waals surface area contributed by atoms with Crippen molar-refractivity contribution in [1.29, 1.82) is 0 Å². The van der Waals surface area contributed by atoms with Crippen LogP contribution in [0.1, 0.15) is 60.2 Å². The Morgan fingerprint density at radius 2 is 1.76 bits per heavy atom. The number of primary amides is 1. The highest BCUT2D eigenvalue weighted by Crippen LogP contribution is 1.80. The zero-order valence-electron chi connectivity index (χ0n) is 11.9. The van der Waals surface area contributed by atoms with Crippen molar-refractivity contribution in [3.8, 4) is 0 Å². The average molecular weight is 245 g/mol. The molecule has 0 saturated carbocycles. The van der Waals surface area contributed by atoms with E-state index in [1.165, 1.54) is 0 Å². The summed E-state index contributed by atoms with van der Waals surface area (Å²) in [6.45, 7) is 11.9. The SMILES string of the molecule is CC.CC.CCCC(N)=O.CCc1nn[nH]n1. The predicted octanol–water partition coefficient (Wildman–Crippen LogP) is 2.09. The summed E-state index contributed by atoms with van der Waals surface area (Å²) in [4.78, 5) is 9.82. The van der Waals surface area contributed by atoms with Crippen LogP contribution < -0.4 is 5.73 Å². The van der Waals surface area contributed by atoms with E-state index in [1.807, 2.05) is 41.5 Å². The monoisotopic (exact) mass is 245 g/mol. The van der Waals surface area contributed by atoms with Gasteiger partial charge in [0.1, 0.15) is 0 Å². The molecular weight excluding hydrogens is 218 g/mol. The fourth-order valence-electron chi connectivity index (χ4n) is 0.579. The number of aromatic amines is 1. The molecule has 102 valence electrons. The first-order valence-corrected chi connectivity index (χ1v) is 6.21. The molecule has 0 aliphatic heterocycles. The van der Waals surface area contributed by atoms with Gasteiger partial charge in [-0.05, 0) is 6.42 Å². The summed E-state index contributed by atoms with van der Waals surface area (Å²) in [7, 11) is 0. The molecule has 0 atom stereocenters. The lowest BCUT2D eigenvalue weighted by Gasteiger charge is -1.81. The van der Waals surface area contributed by atoms with Gasteiger partial charge >= 0.3 is 0 Å². The Hall–Kier alpha value is -1.46. The van der Waals surface area contributed by atoms with E-state index in [9.17, 15) is 4.79 Å². The van der Waals surface area contributed by atoms with Gasteiger partial charge < -0.3 is 5.73 Å². The summed E-state index contributed by atoms with van der Waals surface area (Å²) in [5.74, 6) is 0.553. The number of rotatable bonds is 3. The number of tetrazole rings is 1. The van der Waals surface area contributed by atoms with Gasteiger partial charge in [0, 0.05) is 12.8 Å². The zero-order chi connectivity index (χ0) is 14.1. The lowest BCUT2D eigenvalue weighted by Crippen LogP contribution is -2.08. The topological polar surface area (TPSA) is 97.5 Å². The fourth-order valence-corrected chi connectivity index (χ4v) is 0.579. The van der Waals surface area contributed by atoms with Gasteiger partial charge in [0.25, 0.3) is 0 Å². The average Bonchev–Trinajstić information content (AvgIpc) is 2.88. The molecule has 1 aromatic heterocycles. The van der Waals surface area contributed by atoms with Crippen LogP contribution in [0, 0.1) is 0 Å². The second-order valence-electron chi connectivity index (χ2n) is 2.40. The van der Waals surface area contributed by atoms with Crippen molar-refractivity contribution in [1.82, 2.24) is 20.6 Å². The number of hydrogen-bond acceptors (Lipinski definition) is 4. The highest BCUT2D eigenvalue weighted by molar-refractivity contribution is 5.73. The molecule has 0 spiro atoms. The van der Waals surface area contributed by atoms with Crippen LogP contribution in [0.4, 0.5) is 0 Å². The largest absolute Gasteiger partial charge is 0.370 e. The molecule has 0 saturated heterocycles. The first-order valence-electron chi connectivity index (χ1n) is 6.21. The minimum Gasteiger partial charge on any atom is -0.370 e. The Morgan fingerprint density at radius 3 is 1.88 bits per heavy atom. The number of nitrogens with zero attached hydrogens (tertiary/aromatic N) is 3. The Morgan fingerprint density at radius 1 is 1.24 bits per heavy atom. The number of nitrogens with two attached hydrogens (primary N) is 1. The first kappa shape index (κ1) is 20.9. The van der Waals surface area contributed by atoms with Crippen LogP contribution >= 0.6 is 0 Å². The van der Waals surface area contributed by atoms with E-state index in [1.54, 1.807) is 0 Å². The number of aromatic nitrogens is 4. The molecule has 0 unspecified atom stereocenters. The molecule has 0 fully saturated rings. The predicted molar refractivity (Wildman–Crippen MR) is 70.4 cm³/mol. The fraction of sp³-hybridized carbons (Fsp3) is 0.818. The molecular formula is C11H27N5O. The second-order valence-corrected chi connectivity index (χ2v) is 2.40. The van der Waals surface area contributed by atoms with E-state index >= 15 is 0 Å². The quantitative estimate of drug-likeness (QED) is 0.851. The van der Waals surface area contributed by atoms with Crippen molar-refractivity contribution >= 4 is 5.91 Å². The molecule has 1 heterocycles. The molecule has 1 aromatic rings. The third-order valence-corrected chi connectivity index (χ3v) is 1.20. The van der Waals surface area contributed by atoms with Crippen molar-refractivity contribution in [3.63, 3.8) is 0 Å². The van der Waals surface area contributed by atoms with Crippen molar-refractivity contribution in [2.75, 3.05) is 0 Å². The van der Waals surface area contributed by atoms with Crippen LogP contribution in [0.5, 0.6) is 0 Å². The Bertz CT molecular complexity index is 224. The van der Waals surface area contributed by atoms with Crippen molar-refractivity contribution < 1.29 is 4.79 Å². The maximum Gasteiger partial charge on any atom is 0.217 e. The highest BCUT2D eigenvalue weighted by atomic mass is 16.1. The number of nitrogens with one attached hydrogen (secondary N) is 1. The summed E-state index contributed by atoms with van der Waals surface area (Å²) in [5.41, 5.74) is 4.76. The maximum atomic E-state index is 9.82. The Labute approximate surface area is 104 Å². The molecule has 6 heteroatoms. The lowest BCUT2D eigenvalue weighted by molar-refractivity contribution is -0.118. The van der Waals surface area contributed by atoms with Gasteiger partial charge in [0.15, 0.2) is 5.82 Å². The van der Waals surface area contributed by atoms with E-state index < -0.39 is 0 Å². The smallest absolute Gasteiger partial charge is 0.217 e. The van der Waals surface area contributed by atoms with E-state index in [-0.39, 0.29) is 5.91 Å². The molecule has 6 nitrogen and oxygen atoms in total. The molecule has 0 aliphatic carbocycles. The third kappa shape index (κ3) is 20.6. The first-order chi connectivity index (χ1) is 8.20. The van der Waals surface area contributed by atoms with Gasteiger partial charge in [-0.15, -0.1) is 10.2 Å². The number of carbonyl (C=O) groups is 1. The summed E-state index contributed by atoms with van der Waals surface area (Å²) < 4.78 is 0. The number of hydrogen-bond donors (Lipinski definition) is 2. The van der Waals surface area contributed by atoms with Crippen molar-refractivity contribution in [3.05, 3.63) is 5.82 Å². The normalized spacial score (nSPS) is 7.41. The highest BCUT2D eigenvalue weighted by Gasteiger charge is 1.87. The van der Waals surface area contributed by atoms with Crippen LogP contribution in [0.2, 0.25) is 0 Å². The van der Waals surface area contributed by atoms with Crippen LogP contribution in [-0.2, 0) is 11.2 Å². The molecule has 0 bridgehead atoms. The van der Waals surface area contributed by atoms with Gasteiger partial charge in [0.2, 0.25) is 5.91 Å². The minimum absolute atomic E-state index is 0.211. The van der Waals surface area contributed by atoms with E-state index in [4.69, 9.17) is 5.73 Å². The Kier molecular flexibility index (Phi) is 24.6. The molecule has 0 aliphatic rings. The molecule has 0 aromatic carbocycles. The van der Waals surface area contributed by atoms with E-state index in [0.717, 1.165) is 18.7 Å². The summed E-state index contributed by atoms with van der Waals surface area (Å²) in [5, 5.41) is 13.1. The van der Waals surface area contributed by atoms with Crippen LogP contribution in [-0.4, -0.2) is 26.5 Å². The molecule has 1 amide bonds. The van der Waals surface area contributed by atoms with Gasteiger partial charge in [-0.1, -0.05) is 46.8 Å². The second kappa shape index (κ2) is 20.0. The number of amides is 1. The lowest BCUT2D eigenvalue weighted by atomic mass is 10.3. The van der Waals surface area contributed by atoms with Gasteiger partial charge in [-0.25, -0.2) is 0 Å². The zero-order valence-corrected chi connectivity index (χ0v) is 11.9. The molecule has 1 rings (SSSR count). The minimum atomic E-state index is -0.211. The summed E-state index contributed by atoms with van der Waals surface area (Å²) >= 11 is 0. The van der Waals surface area contributed by atoms with Gasteiger partial charge in [-0.3, -0.25) is 4.79 Å². The molecule has 0 radical (unpaired) electrons. The third-order valence-electron chi connectivity index (χ3n) is 1.20. The standard InChI is InChI=1S/C4H9NO.C3H6N4.2C2H6/c1-2-3-4(5)6;1-2-3-4-6-7-5-3;2*1-2/h2-3H2,1H3,(H2,5,6);2H2,1H3,(H,4,5,6,7);2*1-2H3.